The van der Waals surface area contributed by atoms with Crippen LogP contribution in [0.1, 0.15) is 45.1 Å². The fourth-order valence-electron chi connectivity index (χ4n) is 3.12. The van der Waals surface area contributed by atoms with Gasteiger partial charge in [0, 0.05) is 32.8 Å². The van der Waals surface area contributed by atoms with Crippen molar-refractivity contribution in [3.8, 4) is 0 Å². The molecule has 0 saturated carbocycles. The third-order valence-corrected chi connectivity index (χ3v) is 4.45. The Kier molecular flexibility index (Phi) is 5.72. The summed E-state index contributed by atoms with van der Waals surface area (Å²) in [6.45, 7) is 6.85. The molecule has 0 N–H and O–H groups in total. The molecule has 0 spiro atoms. The van der Waals surface area contributed by atoms with Crippen molar-refractivity contribution in [1.82, 2.24) is 15.1 Å². The fourth-order valence-corrected chi connectivity index (χ4v) is 3.12. The molecule has 7 nitrogen and oxygen atoms in total. The zero-order valence-corrected chi connectivity index (χ0v) is 17.2. The van der Waals surface area contributed by atoms with Gasteiger partial charge in [-0.15, -0.1) is 5.10 Å². The fraction of sp³-hybridized carbons (Fsp3) is 0.476. The number of hydrogen-bond acceptors (Lipinski definition) is 6. The number of hydrogen-bond donors (Lipinski definition) is 0. The normalized spacial score (nSPS) is 14.8. The molecule has 0 radical (unpaired) electrons. The van der Waals surface area contributed by atoms with E-state index in [4.69, 9.17) is 9.15 Å². The molecule has 2 heterocycles. The monoisotopic (exact) mass is 384 g/mol. The number of nitrogens with zero attached hydrogens (tertiary/aromatic N) is 4. The second kappa shape index (κ2) is 8.04. The maximum Gasteiger partial charge on any atom is 0.410 e. The van der Waals surface area contributed by atoms with Crippen LogP contribution in [0.2, 0.25) is 0 Å². The van der Waals surface area contributed by atoms with Crippen LogP contribution in [-0.4, -0.2) is 54.0 Å². The number of amides is 1. The molecule has 1 fully saturated rings. The molecule has 2 aromatic rings. The predicted octanol–water partition coefficient (Wildman–Crippen LogP) is 3.97. The van der Waals surface area contributed by atoms with Crippen molar-refractivity contribution in [1.29, 1.82) is 0 Å². The van der Waals surface area contributed by atoms with Gasteiger partial charge in [0.25, 0.3) is 0 Å². The summed E-state index contributed by atoms with van der Waals surface area (Å²) in [6, 6.07) is 10.5. The first-order valence-electron chi connectivity index (χ1n) is 9.51. The SMILES string of the molecule is CN(C)c1nnc(C(=C2CCN(C(=O)OC(C)(C)C)CC2)c2ccccc2)o1. The molecule has 0 unspecified atom stereocenters. The van der Waals surface area contributed by atoms with Crippen molar-refractivity contribution in [3.63, 3.8) is 0 Å². The number of piperidine rings is 1. The van der Waals surface area contributed by atoms with Crippen LogP contribution in [0.3, 0.4) is 0 Å². The van der Waals surface area contributed by atoms with Gasteiger partial charge >= 0.3 is 12.1 Å². The van der Waals surface area contributed by atoms with Crippen LogP contribution >= 0.6 is 0 Å². The summed E-state index contributed by atoms with van der Waals surface area (Å²) in [7, 11) is 3.73. The topological polar surface area (TPSA) is 71.7 Å². The minimum Gasteiger partial charge on any atom is -0.444 e. The Hall–Kier alpha value is -2.83. The molecule has 1 aromatic heterocycles. The third kappa shape index (κ3) is 4.71. The van der Waals surface area contributed by atoms with Crippen LogP contribution in [-0.2, 0) is 4.74 Å². The van der Waals surface area contributed by atoms with Crippen molar-refractivity contribution in [2.45, 2.75) is 39.2 Å². The summed E-state index contributed by atoms with van der Waals surface area (Å²) in [5.74, 6) is 0.510. The average Bonchev–Trinajstić information content (AvgIpc) is 3.12. The first kappa shape index (κ1) is 19.9. The van der Waals surface area contributed by atoms with Gasteiger partial charge in [-0.05, 0) is 39.2 Å². The van der Waals surface area contributed by atoms with E-state index in [9.17, 15) is 4.79 Å². The van der Waals surface area contributed by atoms with Gasteiger partial charge in [-0.1, -0.05) is 41.0 Å². The average molecular weight is 384 g/mol. The number of aromatic nitrogens is 2. The largest absolute Gasteiger partial charge is 0.444 e. The molecule has 150 valence electrons. The zero-order valence-electron chi connectivity index (χ0n) is 17.2. The van der Waals surface area contributed by atoms with Crippen molar-refractivity contribution in [3.05, 3.63) is 47.4 Å². The third-order valence-electron chi connectivity index (χ3n) is 4.45. The number of rotatable bonds is 3. The van der Waals surface area contributed by atoms with Gasteiger partial charge in [-0.25, -0.2) is 4.79 Å². The highest BCUT2D eigenvalue weighted by atomic mass is 16.6. The zero-order chi connectivity index (χ0) is 20.3. The summed E-state index contributed by atoms with van der Waals surface area (Å²) in [6.07, 6.45) is 1.22. The Bertz CT molecular complexity index is 840. The molecular formula is C21H28N4O3. The van der Waals surface area contributed by atoms with E-state index >= 15 is 0 Å². The van der Waals surface area contributed by atoms with Crippen molar-refractivity contribution >= 4 is 17.7 Å². The molecular weight excluding hydrogens is 356 g/mol. The standard InChI is InChI=1S/C21H28N4O3/c1-21(2,3)28-20(26)25-13-11-16(12-14-25)17(15-9-7-6-8-10-15)18-22-23-19(27-18)24(4)5/h6-10H,11-14H2,1-5H3. The summed E-state index contributed by atoms with van der Waals surface area (Å²) >= 11 is 0. The van der Waals surface area contributed by atoms with Gasteiger partial charge in [0.05, 0.1) is 0 Å². The van der Waals surface area contributed by atoms with E-state index in [1.54, 1.807) is 9.80 Å². The molecule has 7 heteroatoms. The van der Waals surface area contributed by atoms with Crippen molar-refractivity contribution < 1.29 is 13.9 Å². The first-order valence-corrected chi connectivity index (χ1v) is 9.51. The highest BCUT2D eigenvalue weighted by Gasteiger charge is 2.27. The number of carbonyl (C=O) groups is 1. The number of carbonyl (C=O) groups excluding carboxylic acids is 1. The van der Waals surface area contributed by atoms with Crippen LogP contribution in [0.5, 0.6) is 0 Å². The van der Waals surface area contributed by atoms with E-state index < -0.39 is 5.60 Å². The molecule has 3 rings (SSSR count). The summed E-state index contributed by atoms with van der Waals surface area (Å²) < 4.78 is 11.4. The molecule has 0 bridgehead atoms. The Morgan fingerprint density at radius 2 is 1.75 bits per heavy atom. The predicted molar refractivity (Wildman–Crippen MR) is 108 cm³/mol. The minimum atomic E-state index is -0.491. The molecule has 1 saturated heterocycles. The lowest BCUT2D eigenvalue weighted by Gasteiger charge is -2.31. The van der Waals surface area contributed by atoms with Gasteiger partial charge in [-0.3, -0.25) is 0 Å². The second-order valence-electron chi connectivity index (χ2n) is 8.10. The lowest BCUT2D eigenvalue weighted by molar-refractivity contribution is 0.0236. The summed E-state index contributed by atoms with van der Waals surface area (Å²) in [5.41, 5.74) is 2.72. The smallest absolute Gasteiger partial charge is 0.410 e. The van der Waals surface area contributed by atoms with Crippen LogP contribution < -0.4 is 4.90 Å². The van der Waals surface area contributed by atoms with Crippen molar-refractivity contribution in [2.75, 3.05) is 32.1 Å². The van der Waals surface area contributed by atoms with E-state index in [1.807, 2.05) is 65.2 Å². The number of ether oxygens (including phenoxy) is 1. The van der Waals surface area contributed by atoms with Gasteiger partial charge in [0.1, 0.15) is 5.60 Å². The van der Waals surface area contributed by atoms with Crippen LogP contribution in [0.15, 0.2) is 40.3 Å². The lowest BCUT2D eigenvalue weighted by atomic mass is 9.93. The Labute approximate surface area is 166 Å². The Morgan fingerprint density at radius 1 is 1.11 bits per heavy atom. The van der Waals surface area contributed by atoms with Crippen LogP contribution in [0.4, 0.5) is 10.8 Å². The van der Waals surface area contributed by atoms with Gasteiger partial charge in [0.2, 0.25) is 5.89 Å². The van der Waals surface area contributed by atoms with E-state index in [2.05, 4.69) is 10.2 Å². The summed E-state index contributed by atoms with van der Waals surface area (Å²) in [4.78, 5) is 15.9. The highest BCUT2D eigenvalue weighted by molar-refractivity contribution is 5.78. The van der Waals surface area contributed by atoms with E-state index in [0.717, 1.165) is 24.0 Å². The number of benzene rings is 1. The quantitative estimate of drug-likeness (QED) is 0.797. The van der Waals surface area contributed by atoms with Gasteiger partial charge in [-0.2, -0.15) is 0 Å². The first-order chi connectivity index (χ1) is 13.2. The van der Waals surface area contributed by atoms with E-state index in [0.29, 0.717) is 25.0 Å². The molecule has 1 aliphatic rings. The number of likely N-dealkylation sites (tertiary alicyclic amines) is 1. The van der Waals surface area contributed by atoms with Crippen LogP contribution in [0.25, 0.3) is 5.57 Å². The lowest BCUT2D eigenvalue weighted by Crippen LogP contribution is -2.40. The molecule has 1 aromatic carbocycles. The van der Waals surface area contributed by atoms with Crippen LogP contribution in [0, 0.1) is 0 Å². The van der Waals surface area contributed by atoms with Gasteiger partial charge in [0.15, 0.2) is 0 Å². The Balaban J connectivity index is 1.87. The minimum absolute atomic E-state index is 0.263. The molecule has 0 atom stereocenters. The van der Waals surface area contributed by atoms with Crippen molar-refractivity contribution in [2.24, 2.45) is 0 Å². The highest BCUT2D eigenvalue weighted by Crippen LogP contribution is 2.32. The van der Waals surface area contributed by atoms with E-state index in [1.165, 1.54) is 5.57 Å². The maximum absolute atomic E-state index is 12.3. The molecule has 28 heavy (non-hydrogen) atoms. The summed E-state index contributed by atoms with van der Waals surface area (Å²) in [5, 5.41) is 8.40. The molecule has 1 amide bonds. The van der Waals surface area contributed by atoms with E-state index in [-0.39, 0.29) is 6.09 Å². The maximum atomic E-state index is 12.3. The molecule has 1 aliphatic heterocycles. The second-order valence-corrected chi connectivity index (χ2v) is 8.10. The Morgan fingerprint density at radius 3 is 2.29 bits per heavy atom. The number of anilines is 1. The van der Waals surface area contributed by atoms with Gasteiger partial charge < -0.3 is 19.0 Å². The molecule has 0 aliphatic carbocycles.